The Kier molecular flexibility index (Phi) is 7.92. The van der Waals surface area contributed by atoms with Crippen molar-refractivity contribution in [2.24, 2.45) is 16.7 Å². The van der Waals surface area contributed by atoms with E-state index < -0.39 is 23.5 Å². The van der Waals surface area contributed by atoms with Crippen molar-refractivity contribution in [2.75, 3.05) is 46.4 Å². The van der Waals surface area contributed by atoms with E-state index in [1.807, 2.05) is 19.1 Å². The number of likely N-dealkylation sites (tertiary alicyclic amines) is 2. The second kappa shape index (κ2) is 11.5. The van der Waals surface area contributed by atoms with Gasteiger partial charge in [-0.3, -0.25) is 24.3 Å². The highest BCUT2D eigenvalue weighted by Crippen LogP contribution is 2.46. The second-order valence-electron chi connectivity index (χ2n) is 12.3. The molecule has 0 aromatic carbocycles. The van der Waals surface area contributed by atoms with Gasteiger partial charge in [-0.15, -0.1) is 11.3 Å². The number of hydrogen-bond donors (Lipinski definition) is 2. The minimum Gasteiger partial charge on any atom is -0.468 e. The highest BCUT2D eigenvalue weighted by Gasteiger charge is 2.58. The number of nitrogens with zero attached hydrogens (tertiary/aromatic N) is 3. The molecule has 1 aliphatic carbocycles. The molecule has 3 atom stereocenters. The maximum Gasteiger partial charge on any atom is 0.265 e. The Morgan fingerprint density at radius 3 is 2.68 bits per heavy atom. The van der Waals surface area contributed by atoms with Gasteiger partial charge < -0.3 is 29.4 Å². The molecule has 2 bridgehead atoms. The molecule has 1 saturated carbocycles. The van der Waals surface area contributed by atoms with Crippen LogP contribution in [-0.4, -0.2) is 97.2 Å². The molecule has 2 aromatic heterocycles. The summed E-state index contributed by atoms with van der Waals surface area (Å²) in [5, 5.41) is 5.71. The zero-order valence-corrected chi connectivity index (χ0v) is 24.5. The number of carbonyl (C=O) groups excluding carboxylic acids is 3. The third-order valence-corrected chi connectivity index (χ3v) is 10.3. The number of fused-ring (bicyclic) bond motifs is 3. The van der Waals surface area contributed by atoms with Gasteiger partial charge in [-0.05, 0) is 44.7 Å². The first kappa shape index (κ1) is 28.3. The topological polar surface area (TPSA) is 126 Å². The van der Waals surface area contributed by atoms with Crippen LogP contribution in [0.1, 0.15) is 48.0 Å². The number of nitrogens with one attached hydrogen (secondary N) is 2. The largest absolute Gasteiger partial charge is 0.468 e. The molecule has 3 amide bonds. The van der Waals surface area contributed by atoms with Crippen LogP contribution in [0.15, 0.2) is 34.5 Å². The normalized spacial score (nSPS) is 28.3. The average Bonchev–Trinajstić information content (AvgIpc) is 3.76. The van der Waals surface area contributed by atoms with Crippen LogP contribution in [0.2, 0.25) is 0 Å². The van der Waals surface area contributed by atoms with Gasteiger partial charge in [0, 0.05) is 44.1 Å². The first-order chi connectivity index (χ1) is 19.8. The van der Waals surface area contributed by atoms with Crippen molar-refractivity contribution in [3.63, 3.8) is 0 Å². The molecule has 6 heterocycles. The summed E-state index contributed by atoms with van der Waals surface area (Å²) in [5.41, 5.74) is 1.21. The van der Waals surface area contributed by atoms with Gasteiger partial charge in [0.25, 0.3) is 5.91 Å². The molecular formula is C29H39N5O6S. The Labute approximate surface area is 243 Å². The molecule has 7 rings (SSSR count). The lowest BCUT2D eigenvalue weighted by Gasteiger charge is -2.50. The maximum atomic E-state index is 13.9. The molecule has 4 saturated heterocycles. The van der Waals surface area contributed by atoms with Crippen molar-refractivity contribution in [1.29, 1.82) is 0 Å². The minimum atomic E-state index is -0.854. The van der Waals surface area contributed by atoms with E-state index in [1.165, 1.54) is 11.3 Å². The van der Waals surface area contributed by atoms with E-state index in [1.54, 1.807) is 29.9 Å². The van der Waals surface area contributed by atoms with Crippen molar-refractivity contribution in [2.45, 2.75) is 57.4 Å². The van der Waals surface area contributed by atoms with Crippen LogP contribution >= 0.6 is 11.3 Å². The van der Waals surface area contributed by atoms with E-state index in [0.717, 1.165) is 31.4 Å². The van der Waals surface area contributed by atoms with Crippen molar-refractivity contribution in [3.05, 3.63) is 40.7 Å². The van der Waals surface area contributed by atoms with E-state index in [4.69, 9.17) is 13.9 Å². The predicted octanol–water partition coefficient (Wildman–Crippen LogP) is 1.91. The summed E-state index contributed by atoms with van der Waals surface area (Å²) in [7, 11) is 1.56. The molecule has 12 heteroatoms. The quantitative estimate of drug-likeness (QED) is 0.433. The van der Waals surface area contributed by atoms with E-state index in [9.17, 15) is 14.4 Å². The lowest BCUT2D eigenvalue weighted by molar-refractivity contribution is -0.156. The first-order valence-corrected chi connectivity index (χ1v) is 15.4. The lowest BCUT2D eigenvalue weighted by Crippen LogP contribution is -2.63. The van der Waals surface area contributed by atoms with Gasteiger partial charge in [0.2, 0.25) is 11.8 Å². The monoisotopic (exact) mass is 585 g/mol. The number of rotatable bonds is 10. The Morgan fingerprint density at radius 2 is 2.05 bits per heavy atom. The maximum absolute atomic E-state index is 13.9. The summed E-state index contributed by atoms with van der Waals surface area (Å²) < 4.78 is 17.7. The summed E-state index contributed by atoms with van der Waals surface area (Å²) in [6.45, 7) is 5.72. The molecule has 2 aromatic rings. The fourth-order valence-electron chi connectivity index (χ4n) is 7.07. The molecule has 2 N–H and O–H groups in total. The van der Waals surface area contributed by atoms with E-state index in [-0.39, 0.29) is 29.7 Å². The number of likely N-dealkylation sites (N-methyl/N-ethyl adjacent to an activating group) is 1. The SMILES string of the molecule is CNC(=O)[C@@H](NC(=O)[C@@H]1CN(C(=O)c2cncs2)CC12CN(Cc1ccco1)C2)[C@@H](C)OCC12CCC(CC1)OC2. The Balaban J connectivity index is 1.15. The van der Waals surface area contributed by atoms with Crippen LogP contribution < -0.4 is 10.6 Å². The van der Waals surface area contributed by atoms with Crippen molar-refractivity contribution < 1.29 is 28.3 Å². The van der Waals surface area contributed by atoms with Gasteiger partial charge in [0.1, 0.15) is 16.7 Å². The van der Waals surface area contributed by atoms with Gasteiger partial charge in [0.05, 0.1) is 55.9 Å². The molecule has 11 nitrogen and oxygen atoms in total. The number of aromatic nitrogens is 1. The molecule has 41 heavy (non-hydrogen) atoms. The zero-order valence-electron chi connectivity index (χ0n) is 23.7. The summed E-state index contributed by atoms with van der Waals surface area (Å²) in [6, 6.07) is 2.94. The standard InChI is InChI=1S/C29H39N5O6S/c1-19(39-16-28-7-5-20(6-8-28)40-17-28)24(26(36)30-2)32-25(35)22-12-34(27(37)23-10-31-18-41-23)15-29(22)13-33(14-29)11-21-4-3-9-38-21/h3-4,9-10,18-20,22,24H,5-8,11-17H2,1-2H3,(H,30,36)(H,32,35)/t19-,20?,22+,24+,28?/m1/s1. The van der Waals surface area contributed by atoms with Crippen LogP contribution in [0.4, 0.5) is 0 Å². The summed E-state index contributed by atoms with van der Waals surface area (Å²) >= 11 is 1.30. The van der Waals surface area contributed by atoms with E-state index in [2.05, 4.69) is 20.5 Å². The van der Waals surface area contributed by atoms with Crippen molar-refractivity contribution in [3.8, 4) is 0 Å². The number of thiazole rings is 1. The molecule has 0 radical (unpaired) electrons. The van der Waals surface area contributed by atoms with Crippen LogP contribution in [0, 0.1) is 16.7 Å². The highest BCUT2D eigenvalue weighted by atomic mass is 32.1. The Hall–Kier alpha value is -2.80. The number of carbonyl (C=O) groups is 3. The van der Waals surface area contributed by atoms with Crippen LogP contribution in [0.5, 0.6) is 0 Å². The Bertz CT molecular complexity index is 1210. The fraction of sp³-hybridized carbons (Fsp3) is 0.655. The first-order valence-electron chi connectivity index (χ1n) is 14.5. The van der Waals surface area contributed by atoms with Gasteiger partial charge in [-0.1, -0.05) is 0 Å². The van der Waals surface area contributed by atoms with E-state index >= 15 is 0 Å². The van der Waals surface area contributed by atoms with Crippen molar-refractivity contribution in [1.82, 2.24) is 25.4 Å². The molecule has 1 spiro atoms. The molecule has 5 fully saturated rings. The lowest BCUT2D eigenvalue weighted by atomic mass is 9.71. The molecule has 5 aliphatic rings. The van der Waals surface area contributed by atoms with Crippen LogP contribution in [0.25, 0.3) is 0 Å². The highest BCUT2D eigenvalue weighted by molar-refractivity contribution is 7.11. The van der Waals surface area contributed by atoms with Gasteiger partial charge in [0.15, 0.2) is 0 Å². The van der Waals surface area contributed by atoms with Gasteiger partial charge >= 0.3 is 0 Å². The fourth-order valence-corrected chi connectivity index (χ4v) is 7.65. The zero-order chi connectivity index (χ0) is 28.6. The summed E-state index contributed by atoms with van der Waals surface area (Å²) in [5.74, 6) is -0.254. The predicted molar refractivity (Wildman–Crippen MR) is 150 cm³/mol. The molecule has 4 aliphatic heterocycles. The average molecular weight is 586 g/mol. The van der Waals surface area contributed by atoms with Crippen molar-refractivity contribution >= 4 is 29.1 Å². The second-order valence-corrected chi connectivity index (χ2v) is 13.2. The number of ether oxygens (including phenoxy) is 2. The molecular weight excluding hydrogens is 546 g/mol. The van der Waals surface area contributed by atoms with Gasteiger partial charge in [-0.2, -0.15) is 0 Å². The Morgan fingerprint density at radius 1 is 1.24 bits per heavy atom. The number of hydrogen-bond acceptors (Lipinski definition) is 9. The molecule has 0 unspecified atom stereocenters. The van der Waals surface area contributed by atoms with Gasteiger partial charge in [-0.25, -0.2) is 0 Å². The van der Waals surface area contributed by atoms with Crippen LogP contribution in [-0.2, 0) is 25.6 Å². The smallest absolute Gasteiger partial charge is 0.265 e. The minimum absolute atomic E-state index is 0.0172. The summed E-state index contributed by atoms with van der Waals surface area (Å²) in [4.78, 5) is 48.8. The third kappa shape index (κ3) is 5.67. The molecule has 222 valence electrons. The number of amides is 3. The summed E-state index contributed by atoms with van der Waals surface area (Å²) in [6.07, 6.45) is 7.28. The third-order valence-electron chi connectivity index (χ3n) is 9.50. The van der Waals surface area contributed by atoms with Crippen LogP contribution in [0.3, 0.4) is 0 Å². The van der Waals surface area contributed by atoms with E-state index in [0.29, 0.717) is 50.4 Å². The number of furan rings is 1.